The fourth-order valence-electron chi connectivity index (χ4n) is 2.01. The maximum Gasteiger partial charge on any atom is 0.320 e. The summed E-state index contributed by atoms with van der Waals surface area (Å²) in [6, 6.07) is 4.56. The molecule has 0 bridgehead atoms. The molecule has 0 aliphatic carbocycles. The number of hydrogen-bond donors (Lipinski definition) is 2. The maximum atomic E-state index is 10.9. The van der Waals surface area contributed by atoms with Crippen LogP contribution in [0, 0.1) is 0 Å². The van der Waals surface area contributed by atoms with Gasteiger partial charge in [0.2, 0.25) is 0 Å². The average molecular weight is 335 g/mol. The Hall–Kier alpha value is -1.17. The minimum absolute atomic E-state index is 0.252. The fourth-order valence-corrected chi connectivity index (χ4v) is 2.42. The zero-order chi connectivity index (χ0) is 15.8. The van der Waals surface area contributed by atoms with E-state index in [0.717, 1.165) is 11.3 Å². The number of nitrogens with zero attached hydrogens (tertiary/aromatic N) is 1. The van der Waals surface area contributed by atoms with E-state index < -0.39 is 12.0 Å². The second kappa shape index (κ2) is 8.97. The van der Waals surface area contributed by atoms with Gasteiger partial charge in [0, 0.05) is 24.8 Å². The number of methoxy groups -OCH3 is 1. The normalized spacial score (nSPS) is 12.0. The van der Waals surface area contributed by atoms with Crippen molar-refractivity contribution in [3.63, 3.8) is 0 Å². The number of hydrogen-bond acceptors (Lipinski definition) is 4. The van der Waals surface area contributed by atoms with E-state index >= 15 is 0 Å². The van der Waals surface area contributed by atoms with Gasteiger partial charge < -0.3 is 20.5 Å². The molecule has 1 atom stereocenters. The molecule has 0 aliphatic heterocycles. The van der Waals surface area contributed by atoms with Gasteiger partial charge in [0.15, 0.2) is 0 Å². The highest BCUT2D eigenvalue weighted by Crippen LogP contribution is 2.30. The predicted octanol–water partition coefficient (Wildman–Crippen LogP) is 1.93. The molecule has 21 heavy (non-hydrogen) atoms. The van der Waals surface area contributed by atoms with Crippen molar-refractivity contribution in [1.82, 2.24) is 0 Å². The maximum absolute atomic E-state index is 10.9. The van der Waals surface area contributed by atoms with E-state index in [1.165, 1.54) is 0 Å². The SMILES string of the molecule is COc1ccc(CC(N)C(=O)O)cc1N(CCCl)CCCl. The third-order valence-electron chi connectivity index (χ3n) is 3.07. The Kier molecular flexibility index (Phi) is 7.64. The van der Waals surface area contributed by atoms with Gasteiger partial charge in [-0.25, -0.2) is 0 Å². The van der Waals surface area contributed by atoms with Crippen molar-refractivity contribution in [1.29, 1.82) is 0 Å². The van der Waals surface area contributed by atoms with Crippen LogP contribution < -0.4 is 15.4 Å². The zero-order valence-electron chi connectivity index (χ0n) is 11.9. The first kappa shape index (κ1) is 17.9. The number of rotatable bonds is 9. The number of carboxylic acid groups (broad SMARTS) is 1. The lowest BCUT2D eigenvalue weighted by atomic mass is 10.0. The van der Waals surface area contributed by atoms with Crippen molar-refractivity contribution in [3.05, 3.63) is 23.8 Å². The lowest BCUT2D eigenvalue weighted by Gasteiger charge is -2.25. The molecule has 1 aromatic rings. The number of alkyl halides is 2. The summed E-state index contributed by atoms with van der Waals surface area (Å²) in [4.78, 5) is 12.9. The third kappa shape index (κ3) is 5.26. The molecule has 1 unspecified atom stereocenters. The van der Waals surface area contributed by atoms with Crippen LogP contribution in [-0.4, -0.2) is 49.1 Å². The van der Waals surface area contributed by atoms with Gasteiger partial charge in [-0.1, -0.05) is 6.07 Å². The number of halogens is 2. The van der Waals surface area contributed by atoms with Crippen LogP contribution in [0.4, 0.5) is 5.69 Å². The van der Waals surface area contributed by atoms with Gasteiger partial charge in [-0.3, -0.25) is 4.79 Å². The van der Waals surface area contributed by atoms with Crippen LogP contribution in [0.1, 0.15) is 5.56 Å². The molecule has 0 saturated heterocycles. The van der Waals surface area contributed by atoms with Crippen LogP contribution in [0.3, 0.4) is 0 Å². The first-order chi connectivity index (χ1) is 10.0. The van der Waals surface area contributed by atoms with Crippen LogP contribution in [0.25, 0.3) is 0 Å². The van der Waals surface area contributed by atoms with Crippen LogP contribution >= 0.6 is 23.2 Å². The van der Waals surface area contributed by atoms with Crippen LogP contribution in [0.5, 0.6) is 5.75 Å². The second-order valence-electron chi connectivity index (χ2n) is 4.52. The molecule has 5 nitrogen and oxygen atoms in total. The first-order valence-electron chi connectivity index (χ1n) is 6.55. The van der Waals surface area contributed by atoms with E-state index in [1.807, 2.05) is 17.0 Å². The molecule has 1 rings (SSSR count). The minimum Gasteiger partial charge on any atom is -0.495 e. The third-order valence-corrected chi connectivity index (χ3v) is 3.40. The fraction of sp³-hybridized carbons (Fsp3) is 0.500. The second-order valence-corrected chi connectivity index (χ2v) is 5.28. The Bertz CT molecular complexity index is 466. The Morgan fingerprint density at radius 2 is 2.00 bits per heavy atom. The quantitative estimate of drug-likeness (QED) is 0.675. The highest BCUT2D eigenvalue weighted by Gasteiger charge is 2.16. The predicted molar refractivity (Wildman–Crippen MR) is 86.0 cm³/mol. The van der Waals surface area contributed by atoms with Gasteiger partial charge in [0.1, 0.15) is 11.8 Å². The molecule has 0 spiro atoms. The Balaban J connectivity index is 3.05. The number of nitrogens with two attached hydrogens (primary N) is 1. The Morgan fingerprint density at radius 1 is 1.38 bits per heavy atom. The van der Waals surface area contributed by atoms with E-state index in [4.69, 9.17) is 38.8 Å². The number of carboxylic acids is 1. The largest absolute Gasteiger partial charge is 0.495 e. The Labute approximate surface area is 134 Å². The lowest BCUT2D eigenvalue weighted by molar-refractivity contribution is -0.138. The molecule has 7 heteroatoms. The summed E-state index contributed by atoms with van der Waals surface area (Å²) in [6.07, 6.45) is 0.252. The number of benzene rings is 1. The lowest BCUT2D eigenvalue weighted by Crippen LogP contribution is -2.32. The van der Waals surface area contributed by atoms with Crippen molar-refractivity contribution in [3.8, 4) is 5.75 Å². The van der Waals surface area contributed by atoms with E-state index in [2.05, 4.69) is 0 Å². The van der Waals surface area contributed by atoms with Crippen molar-refractivity contribution in [2.24, 2.45) is 5.73 Å². The van der Waals surface area contributed by atoms with E-state index in [-0.39, 0.29) is 6.42 Å². The molecule has 3 N–H and O–H groups in total. The molecule has 0 amide bonds. The summed E-state index contributed by atoms with van der Waals surface area (Å²) in [7, 11) is 1.58. The van der Waals surface area contributed by atoms with Gasteiger partial charge >= 0.3 is 5.97 Å². The molecule has 0 aliphatic rings. The summed E-state index contributed by atoms with van der Waals surface area (Å²) in [5.41, 5.74) is 7.25. The van der Waals surface area contributed by atoms with Gasteiger partial charge in [0.25, 0.3) is 0 Å². The number of ether oxygens (including phenoxy) is 1. The van der Waals surface area contributed by atoms with Crippen LogP contribution in [0.2, 0.25) is 0 Å². The van der Waals surface area contributed by atoms with Crippen molar-refractivity contribution >= 4 is 34.9 Å². The zero-order valence-corrected chi connectivity index (χ0v) is 13.4. The molecule has 0 fully saturated rings. The molecule has 0 saturated carbocycles. The molecule has 0 aromatic heterocycles. The van der Waals surface area contributed by atoms with Crippen molar-refractivity contribution < 1.29 is 14.6 Å². The average Bonchev–Trinajstić information content (AvgIpc) is 2.46. The highest BCUT2D eigenvalue weighted by molar-refractivity contribution is 6.18. The molecular weight excluding hydrogens is 315 g/mol. The first-order valence-corrected chi connectivity index (χ1v) is 7.62. The van der Waals surface area contributed by atoms with Crippen molar-refractivity contribution in [2.75, 3.05) is 36.9 Å². The standard InChI is InChI=1S/C14H20Cl2N2O3/c1-21-13-3-2-10(8-11(17)14(19)20)9-12(13)18(6-4-15)7-5-16/h2-3,9,11H,4-8,17H2,1H3,(H,19,20). The monoisotopic (exact) mass is 334 g/mol. The number of aliphatic carboxylic acids is 1. The van der Waals surface area contributed by atoms with E-state index in [1.54, 1.807) is 13.2 Å². The van der Waals surface area contributed by atoms with Crippen molar-refractivity contribution in [2.45, 2.75) is 12.5 Å². The smallest absolute Gasteiger partial charge is 0.320 e. The van der Waals surface area contributed by atoms with Crippen LogP contribution in [0.15, 0.2) is 18.2 Å². The summed E-state index contributed by atoms with van der Waals surface area (Å²) in [5.74, 6) is 0.585. The number of anilines is 1. The van der Waals surface area contributed by atoms with E-state index in [9.17, 15) is 4.79 Å². The highest BCUT2D eigenvalue weighted by atomic mass is 35.5. The Morgan fingerprint density at radius 3 is 2.48 bits per heavy atom. The van der Waals surface area contributed by atoms with Gasteiger partial charge in [-0.05, 0) is 24.1 Å². The topological polar surface area (TPSA) is 75.8 Å². The summed E-state index contributed by atoms with van der Waals surface area (Å²) >= 11 is 11.6. The molecule has 118 valence electrons. The number of carbonyl (C=O) groups is 1. The van der Waals surface area contributed by atoms with E-state index in [0.29, 0.717) is 30.6 Å². The summed E-state index contributed by atoms with van der Waals surface area (Å²) < 4.78 is 5.35. The van der Waals surface area contributed by atoms with Gasteiger partial charge in [-0.15, -0.1) is 23.2 Å². The van der Waals surface area contributed by atoms with Gasteiger partial charge in [0.05, 0.1) is 12.8 Å². The molecule has 0 heterocycles. The molecule has 0 radical (unpaired) electrons. The van der Waals surface area contributed by atoms with Crippen LogP contribution in [-0.2, 0) is 11.2 Å². The summed E-state index contributed by atoms with van der Waals surface area (Å²) in [6.45, 7) is 1.25. The molecular formula is C14H20Cl2N2O3. The minimum atomic E-state index is -1.02. The van der Waals surface area contributed by atoms with Gasteiger partial charge in [-0.2, -0.15) is 0 Å². The molecule has 1 aromatic carbocycles. The summed E-state index contributed by atoms with van der Waals surface area (Å²) in [5, 5.41) is 8.90.